The zero-order valence-corrected chi connectivity index (χ0v) is 13.5. The third kappa shape index (κ3) is 2.99. The third-order valence-electron chi connectivity index (χ3n) is 3.80. The maximum atomic E-state index is 12.0. The number of nitrogens with zero attached hydrogens (tertiary/aromatic N) is 5. The minimum absolute atomic E-state index is 0.224. The van der Waals surface area contributed by atoms with E-state index < -0.39 is 0 Å². The van der Waals surface area contributed by atoms with Crippen LogP contribution in [0.25, 0.3) is 22.6 Å². The zero-order chi connectivity index (χ0) is 17.2. The minimum atomic E-state index is -0.224. The molecule has 1 aromatic carbocycles. The largest absolute Gasteiger partial charge is 0.355 e. The van der Waals surface area contributed by atoms with Gasteiger partial charge in [-0.2, -0.15) is 10.1 Å². The second-order valence-corrected chi connectivity index (χ2v) is 5.59. The van der Waals surface area contributed by atoms with Gasteiger partial charge in [-0.15, -0.1) is 0 Å². The van der Waals surface area contributed by atoms with Crippen molar-refractivity contribution in [3.05, 3.63) is 52.8 Å². The van der Waals surface area contributed by atoms with Crippen molar-refractivity contribution >= 4 is 17.1 Å². The van der Waals surface area contributed by atoms with Crippen molar-refractivity contribution in [1.29, 1.82) is 0 Å². The van der Waals surface area contributed by atoms with E-state index in [1.165, 1.54) is 0 Å². The number of nitrogens with one attached hydrogen (secondary N) is 3. The van der Waals surface area contributed by atoms with Crippen LogP contribution in [-0.2, 0) is 13.5 Å². The molecule has 0 spiro atoms. The van der Waals surface area contributed by atoms with E-state index in [2.05, 4.69) is 35.5 Å². The lowest BCUT2D eigenvalue weighted by Crippen LogP contribution is -2.16. The highest BCUT2D eigenvalue weighted by atomic mass is 16.1. The molecule has 0 bridgehead atoms. The molecule has 126 valence electrons. The van der Waals surface area contributed by atoms with Gasteiger partial charge in [-0.3, -0.25) is 14.9 Å². The van der Waals surface area contributed by atoms with E-state index >= 15 is 0 Å². The van der Waals surface area contributed by atoms with Gasteiger partial charge < -0.3 is 9.88 Å². The van der Waals surface area contributed by atoms with Gasteiger partial charge in [0.05, 0.1) is 6.33 Å². The first-order valence-corrected chi connectivity index (χ1v) is 7.82. The first kappa shape index (κ1) is 15.1. The van der Waals surface area contributed by atoms with Crippen molar-refractivity contribution in [2.75, 3.05) is 11.9 Å². The fraction of sp³-hybridized carbons (Fsp3) is 0.188. The molecule has 0 fully saturated rings. The Kier molecular flexibility index (Phi) is 3.73. The van der Waals surface area contributed by atoms with Crippen LogP contribution in [0.5, 0.6) is 0 Å². The average Bonchev–Trinajstić information content (AvgIpc) is 3.23. The molecular formula is C16H16N8O. The monoisotopic (exact) mass is 336 g/mol. The number of H-pyrrole nitrogens is 2. The predicted molar refractivity (Wildman–Crippen MR) is 93.1 cm³/mol. The lowest BCUT2D eigenvalue weighted by molar-refractivity contribution is 0.889. The van der Waals surface area contributed by atoms with Gasteiger partial charge in [-0.1, -0.05) is 30.3 Å². The molecule has 3 heterocycles. The quantitative estimate of drug-likeness (QED) is 0.502. The van der Waals surface area contributed by atoms with Crippen LogP contribution in [0.3, 0.4) is 0 Å². The van der Waals surface area contributed by atoms with Crippen molar-refractivity contribution in [2.24, 2.45) is 7.05 Å². The van der Waals surface area contributed by atoms with Crippen molar-refractivity contribution in [2.45, 2.75) is 6.42 Å². The molecule has 0 aliphatic heterocycles. The molecule has 0 saturated heterocycles. The van der Waals surface area contributed by atoms with Gasteiger partial charge in [0, 0.05) is 25.6 Å². The maximum absolute atomic E-state index is 12.0. The van der Waals surface area contributed by atoms with Crippen LogP contribution >= 0.6 is 0 Å². The van der Waals surface area contributed by atoms with Gasteiger partial charge in [0.25, 0.3) is 5.56 Å². The van der Waals surface area contributed by atoms with E-state index in [1.54, 1.807) is 17.9 Å². The molecule has 9 heteroatoms. The van der Waals surface area contributed by atoms with Crippen molar-refractivity contribution in [3.8, 4) is 11.4 Å². The highest BCUT2D eigenvalue weighted by Gasteiger charge is 2.09. The van der Waals surface area contributed by atoms with E-state index in [-0.39, 0.29) is 5.56 Å². The van der Waals surface area contributed by atoms with Crippen molar-refractivity contribution in [3.63, 3.8) is 0 Å². The summed E-state index contributed by atoms with van der Waals surface area (Å²) < 4.78 is 1.64. The summed E-state index contributed by atoms with van der Waals surface area (Å²) in [6, 6.07) is 9.77. The smallest absolute Gasteiger partial charge is 0.278 e. The Morgan fingerprint density at radius 1 is 1.20 bits per heavy atom. The Hall–Kier alpha value is -3.49. The van der Waals surface area contributed by atoms with Gasteiger partial charge >= 0.3 is 0 Å². The third-order valence-corrected chi connectivity index (χ3v) is 3.80. The van der Waals surface area contributed by atoms with E-state index in [1.807, 2.05) is 30.3 Å². The lowest BCUT2D eigenvalue weighted by Gasteiger charge is -2.03. The topological polar surface area (TPSA) is 117 Å². The zero-order valence-electron chi connectivity index (χ0n) is 13.5. The van der Waals surface area contributed by atoms with Gasteiger partial charge in [0.15, 0.2) is 17.0 Å². The number of benzene rings is 1. The fourth-order valence-corrected chi connectivity index (χ4v) is 2.57. The Balaban J connectivity index is 1.43. The number of aromatic nitrogens is 7. The molecule has 0 saturated carbocycles. The van der Waals surface area contributed by atoms with E-state index in [9.17, 15) is 4.79 Å². The highest BCUT2D eigenvalue weighted by Crippen LogP contribution is 2.13. The van der Waals surface area contributed by atoms with Crippen molar-refractivity contribution in [1.82, 2.24) is 34.7 Å². The number of hydrogen-bond donors (Lipinski definition) is 3. The number of anilines is 1. The highest BCUT2D eigenvalue weighted by molar-refractivity contribution is 5.70. The van der Waals surface area contributed by atoms with Gasteiger partial charge in [0.1, 0.15) is 5.82 Å². The second-order valence-electron chi connectivity index (χ2n) is 5.59. The molecular weight excluding hydrogens is 320 g/mol. The van der Waals surface area contributed by atoms with Crippen LogP contribution in [0.15, 0.2) is 41.5 Å². The Bertz CT molecular complexity index is 1060. The predicted octanol–water partition coefficient (Wildman–Crippen LogP) is 1.10. The molecule has 0 amide bonds. The summed E-state index contributed by atoms with van der Waals surface area (Å²) in [5.74, 6) is 1.81. The van der Waals surface area contributed by atoms with Gasteiger partial charge in [-0.05, 0) is 0 Å². The van der Waals surface area contributed by atoms with E-state index in [4.69, 9.17) is 0 Å². The molecule has 4 aromatic rings. The van der Waals surface area contributed by atoms with E-state index in [0.29, 0.717) is 35.9 Å². The van der Waals surface area contributed by atoms with Crippen molar-refractivity contribution < 1.29 is 0 Å². The van der Waals surface area contributed by atoms with Gasteiger partial charge in [0.2, 0.25) is 5.95 Å². The summed E-state index contributed by atoms with van der Waals surface area (Å²) in [5.41, 5.74) is 1.61. The lowest BCUT2D eigenvalue weighted by atomic mass is 10.2. The van der Waals surface area contributed by atoms with Crippen LogP contribution in [0.4, 0.5) is 5.95 Å². The summed E-state index contributed by atoms with van der Waals surface area (Å²) in [6.45, 7) is 0.546. The maximum Gasteiger partial charge on any atom is 0.278 e. The number of imidazole rings is 1. The van der Waals surface area contributed by atoms with Crippen LogP contribution in [0.2, 0.25) is 0 Å². The minimum Gasteiger partial charge on any atom is -0.355 e. The number of aromatic amines is 2. The molecule has 0 radical (unpaired) electrons. The normalized spacial score (nSPS) is 11.1. The molecule has 3 aromatic heterocycles. The summed E-state index contributed by atoms with van der Waals surface area (Å²) in [5, 5.41) is 10.2. The fourth-order valence-electron chi connectivity index (χ4n) is 2.57. The molecule has 0 unspecified atom stereocenters. The molecule has 0 aliphatic carbocycles. The number of aryl methyl sites for hydroxylation is 1. The molecule has 25 heavy (non-hydrogen) atoms. The Morgan fingerprint density at radius 3 is 2.88 bits per heavy atom. The summed E-state index contributed by atoms with van der Waals surface area (Å²) in [4.78, 5) is 27.6. The first-order chi connectivity index (χ1) is 12.2. The average molecular weight is 336 g/mol. The summed E-state index contributed by atoms with van der Waals surface area (Å²) >= 11 is 0. The van der Waals surface area contributed by atoms with E-state index in [0.717, 1.165) is 11.4 Å². The Labute approximate surface area is 142 Å². The SMILES string of the molecule is Cn1cnc2nc(NCCc3nc(-c4ccccc4)n[nH]3)[nH]c(=O)c21. The summed E-state index contributed by atoms with van der Waals surface area (Å²) in [7, 11) is 1.76. The molecule has 3 N–H and O–H groups in total. The van der Waals surface area contributed by atoms with Crippen LogP contribution in [-0.4, -0.2) is 41.2 Å². The molecule has 0 aliphatic rings. The molecule has 4 rings (SSSR count). The number of hydrogen-bond acceptors (Lipinski definition) is 6. The summed E-state index contributed by atoms with van der Waals surface area (Å²) in [6.07, 6.45) is 2.18. The molecule has 9 nitrogen and oxygen atoms in total. The van der Waals surface area contributed by atoms with Crippen LogP contribution in [0.1, 0.15) is 5.82 Å². The molecule has 0 atom stereocenters. The first-order valence-electron chi connectivity index (χ1n) is 7.82. The number of fused-ring (bicyclic) bond motifs is 1. The number of rotatable bonds is 5. The van der Waals surface area contributed by atoms with Gasteiger partial charge in [-0.25, -0.2) is 9.97 Å². The second kappa shape index (κ2) is 6.19. The van der Waals surface area contributed by atoms with Crippen LogP contribution < -0.4 is 10.9 Å². The van der Waals surface area contributed by atoms with Crippen LogP contribution in [0, 0.1) is 0 Å². The Morgan fingerprint density at radius 2 is 2.04 bits per heavy atom. The standard InChI is InChI=1S/C16H16N8O/c1-24-9-18-14-12(24)15(25)21-16(20-14)17-8-7-11-19-13(23-22-11)10-5-3-2-4-6-10/h2-6,9H,7-8H2,1H3,(H,19,22,23)(H2,17,20,21,25).